The minimum absolute atomic E-state index is 0.0250. The van der Waals surface area contributed by atoms with Gasteiger partial charge in [0.2, 0.25) is 17.7 Å². The van der Waals surface area contributed by atoms with Gasteiger partial charge in [-0.05, 0) is 42.0 Å². The summed E-state index contributed by atoms with van der Waals surface area (Å²) in [6, 6.07) is 10.1. The predicted molar refractivity (Wildman–Crippen MR) is 167 cm³/mol. The first-order chi connectivity index (χ1) is 21.4. The van der Waals surface area contributed by atoms with Crippen molar-refractivity contribution in [3.8, 4) is 0 Å². The Kier molecular flexibility index (Phi) is 12.3. The van der Waals surface area contributed by atoms with E-state index in [1.54, 1.807) is 6.92 Å². The van der Waals surface area contributed by atoms with Crippen LogP contribution in [0.5, 0.6) is 0 Å². The third-order valence-corrected chi connectivity index (χ3v) is 7.35. The second kappa shape index (κ2) is 16.6. The SMILES string of the molecule is [2H]N(C(C)=O)[C@@H](Cc1cccc2ccccc12)C(=O)N[C@@H](Cc1cnc[nH]1)C(=O)N[C@@H](CC(C)C)[C@@H](O)CC(=O)OC(C)CC. The number of hydrogen-bond donors (Lipinski definition) is 5. The van der Waals surface area contributed by atoms with Crippen molar-refractivity contribution in [1.29, 1.82) is 0 Å². The first kappa shape index (κ1) is 32.7. The summed E-state index contributed by atoms with van der Waals surface area (Å²) in [5.41, 5.74) is 1.33. The highest BCUT2D eigenvalue weighted by Crippen LogP contribution is 2.20. The Hall–Kier alpha value is -4.25. The number of fused-ring (bicyclic) bond motifs is 1. The maximum absolute atomic E-state index is 13.8. The van der Waals surface area contributed by atoms with Gasteiger partial charge in [0, 0.05) is 31.7 Å². The Morgan fingerprint density at radius 2 is 1.70 bits per heavy atom. The molecule has 5 N–H and O–H groups in total. The molecule has 3 aromatic rings. The molecule has 0 aliphatic heterocycles. The summed E-state index contributed by atoms with van der Waals surface area (Å²) in [5, 5.41) is 19.0. The molecule has 0 saturated heterocycles. The molecule has 238 valence electrons. The first-order valence-electron chi connectivity index (χ1n) is 15.5. The number of aliphatic hydroxyl groups is 1. The normalized spacial score (nSPS) is 15.0. The van der Waals surface area contributed by atoms with Gasteiger partial charge in [0.05, 0.1) is 31.0 Å². The van der Waals surface area contributed by atoms with Crippen molar-refractivity contribution in [3.63, 3.8) is 0 Å². The molecule has 0 aliphatic carbocycles. The van der Waals surface area contributed by atoms with E-state index in [2.05, 4.69) is 20.6 Å². The number of benzene rings is 2. The van der Waals surface area contributed by atoms with Crippen LogP contribution in [-0.2, 0) is 36.8 Å². The lowest BCUT2D eigenvalue weighted by Gasteiger charge is -2.29. The Bertz CT molecular complexity index is 1430. The molecular formula is C33H45N5O6. The highest BCUT2D eigenvalue weighted by Gasteiger charge is 2.31. The Morgan fingerprint density at radius 1 is 1.00 bits per heavy atom. The molecule has 44 heavy (non-hydrogen) atoms. The van der Waals surface area contributed by atoms with Gasteiger partial charge in [-0.1, -0.05) is 63.2 Å². The van der Waals surface area contributed by atoms with E-state index in [0.717, 1.165) is 16.3 Å². The van der Waals surface area contributed by atoms with Gasteiger partial charge in [-0.3, -0.25) is 19.2 Å². The number of ether oxygens (including phenoxy) is 1. The van der Waals surface area contributed by atoms with Crippen LogP contribution in [0.1, 0.15) is 65.1 Å². The van der Waals surface area contributed by atoms with Crippen LogP contribution in [0.25, 0.3) is 10.8 Å². The van der Waals surface area contributed by atoms with Crippen molar-refractivity contribution in [1.82, 2.24) is 25.9 Å². The zero-order chi connectivity index (χ0) is 33.1. The number of carbonyl (C=O) groups excluding carboxylic acids is 4. The fourth-order valence-corrected chi connectivity index (χ4v) is 4.96. The second-order valence-corrected chi connectivity index (χ2v) is 11.6. The predicted octanol–water partition coefficient (Wildman–Crippen LogP) is 2.96. The van der Waals surface area contributed by atoms with Crippen LogP contribution in [0.15, 0.2) is 55.0 Å². The van der Waals surface area contributed by atoms with E-state index in [1.807, 2.05) is 63.2 Å². The van der Waals surface area contributed by atoms with E-state index < -0.39 is 47.9 Å². The summed E-state index contributed by atoms with van der Waals surface area (Å²) in [6.45, 7) is 8.70. The van der Waals surface area contributed by atoms with E-state index in [9.17, 15) is 24.3 Å². The van der Waals surface area contributed by atoms with E-state index in [4.69, 9.17) is 6.15 Å². The molecule has 11 nitrogen and oxygen atoms in total. The van der Waals surface area contributed by atoms with Crippen molar-refractivity contribution in [2.45, 2.75) is 97.1 Å². The standard InChI is InChI=1S/C33H45N5O6/c1-6-21(4)44-31(41)17-30(40)27(14-20(2)3)37-33(43)29(16-25-18-34-19-35-25)38-32(42)28(36-22(5)39)15-24-12-9-11-23-10-7-8-13-26(23)24/h7-13,18-21,27-30,40H,6,14-17H2,1-5H3,(H,34,35)(H,36,39)(H,37,43)(H,38,42)/t21?,27-,28-,29-,30-/m0/s1/i/hD. The maximum atomic E-state index is 13.8. The maximum Gasteiger partial charge on any atom is 0.308 e. The molecule has 1 heterocycles. The van der Waals surface area contributed by atoms with Crippen LogP contribution in [0.3, 0.4) is 0 Å². The van der Waals surface area contributed by atoms with Gasteiger partial charge in [0.1, 0.15) is 12.1 Å². The summed E-state index contributed by atoms with van der Waals surface area (Å²) in [7, 11) is 0. The zero-order valence-electron chi connectivity index (χ0n) is 27.1. The molecule has 0 aliphatic rings. The molecule has 0 fully saturated rings. The van der Waals surface area contributed by atoms with Crippen molar-refractivity contribution >= 4 is 34.5 Å². The zero-order valence-corrected chi connectivity index (χ0v) is 26.1. The third-order valence-electron chi connectivity index (χ3n) is 7.35. The lowest BCUT2D eigenvalue weighted by molar-refractivity contribution is -0.151. The van der Waals surface area contributed by atoms with Crippen molar-refractivity contribution in [2.75, 3.05) is 0 Å². The number of hydrogen-bond acceptors (Lipinski definition) is 7. The number of aromatic nitrogens is 2. The summed E-state index contributed by atoms with van der Waals surface area (Å²) in [4.78, 5) is 59.2. The monoisotopic (exact) mass is 608 g/mol. The lowest BCUT2D eigenvalue weighted by Crippen LogP contribution is -2.57. The van der Waals surface area contributed by atoms with Gasteiger partial charge in [-0.15, -0.1) is 0 Å². The molecule has 1 aromatic heterocycles. The topological polar surface area (TPSA) is 163 Å². The lowest BCUT2D eigenvalue weighted by atomic mass is 9.96. The van der Waals surface area contributed by atoms with Crippen molar-refractivity contribution < 1.29 is 30.4 Å². The molecule has 11 heteroatoms. The van der Waals surface area contributed by atoms with Crippen molar-refractivity contribution in [3.05, 3.63) is 66.2 Å². The van der Waals surface area contributed by atoms with Gasteiger partial charge in [0.15, 0.2) is 1.41 Å². The van der Waals surface area contributed by atoms with Crippen LogP contribution in [0.2, 0.25) is 1.41 Å². The van der Waals surface area contributed by atoms with E-state index >= 15 is 0 Å². The molecular weight excluding hydrogens is 562 g/mol. The number of nitrogens with zero attached hydrogens (tertiary/aromatic N) is 1. The fraction of sp³-hybridized carbons (Fsp3) is 0.485. The summed E-state index contributed by atoms with van der Waals surface area (Å²) < 4.78 is 13.7. The number of aromatic amines is 1. The van der Waals surface area contributed by atoms with E-state index in [1.165, 1.54) is 19.4 Å². The van der Waals surface area contributed by atoms with E-state index in [-0.39, 0.29) is 31.3 Å². The number of rotatable bonds is 16. The highest BCUT2D eigenvalue weighted by atomic mass is 16.5. The molecule has 2 aromatic carbocycles. The molecule has 5 atom stereocenters. The molecule has 1 unspecified atom stereocenters. The average molecular weight is 609 g/mol. The van der Waals surface area contributed by atoms with Gasteiger partial charge < -0.3 is 30.8 Å². The molecule has 0 saturated carbocycles. The Balaban J connectivity index is 1.86. The highest BCUT2D eigenvalue weighted by molar-refractivity contribution is 5.93. The van der Waals surface area contributed by atoms with Crippen molar-refractivity contribution in [2.24, 2.45) is 5.92 Å². The second-order valence-electron chi connectivity index (χ2n) is 11.6. The summed E-state index contributed by atoms with van der Waals surface area (Å²) in [6.07, 6.45) is 2.20. The quantitative estimate of drug-likeness (QED) is 0.156. The summed E-state index contributed by atoms with van der Waals surface area (Å²) in [5.74, 6) is -2.42. The number of esters is 1. The van der Waals surface area contributed by atoms with Gasteiger partial charge in [0.25, 0.3) is 0 Å². The minimum atomic E-state index is -1.24. The summed E-state index contributed by atoms with van der Waals surface area (Å²) >= 11 is 0. The van der Waals surface area contributed by atoms with Gasteiger partial charge >= 0.3 is 5.97 Å². The van der Waals surface area contributed by atoms with Gasteiger partial charge in [-0.25, -0.2) is 4.98 Å². The van der Waals surface area contributed by atoms with Crippen LogP contribution in [0.4, 0.5) is 0 Å². The number of imidazole rings is 1. The van der Waals surface area contributed by atoms with Crippen LogP contribution >= 0.6 is 0 Å². The number of carbonyl (C=O) groups is 4. The molecule has 0 bridgehead atoms. The van der Waals surface area contributed by atoms with Crippen LogP contribution in [-0.4, -0.2) is 69.1 Å². The van der Waals surface area contributed by atoms with Gasteiger partial charge in [-0.2, -0.15) is 0 Å². The average Bonchev–Trinajstić information content (AvgIpc) is 3.51. The molecule has 0 spiro atoms. The largest absolute Gasteiger partial charge is 0.463 e. The number of aliphatic hydroxyl groups excluding tert-OH is 1. The molecule has 3 rings (SSSR count). The first-order valence-corrected chi connectivity index (χ1v) is 15.1. The van der Waals surface area contributed by atoms with Crippen LogP contribution in [0, 0.1) is 5.92 Å². The van der Waals surface area contributed by atoms with Crippen LogP contribution < -0.4 is 15.9 Å². The number of amides is 3. The third kappa shape index (κ3) is 10.5. The smallest absolute Gasteiger partial charge is 0.308 e. The Morgan fingerprint density at radius 3 is 2.36 bits per heavy atom. The number of H-pyrrole nitrogens is 1. The Labute approximate surface area is 260 Å². The minimum Gasteiger partial charge on any atom is -0.463 e. The fourth-order valence-electron chi connectivity index (χ4n) is 4.96. The number of nitrogens with one attached hydrogen (secondary N) is 4. The molecule has 3 amide bonds. The molecule has 0 radical (unpaired) electrons. The van der Waals surface area contributed by atoms with E-state index in [0.29, 0.717) is 23.8 Å².